The number of nitrogens with zero attached hydrogens (tertiary/aromatic N) is 10. The van der Waals surface area contributed by atoms with Gasteiger partial charge in [-0.25, -0.2) is 23.1 Å². The Morgan fingerprint density at radius 3 is 2.15 bits per heavy atom. The lowest BCUT2D eigenvalue weighted by atomic mass is 9.95. The predicted octanol–water partition coefficient (Wildman–Crippen LogP) is 0.514. The average molecular weight is 648 g/mol. The number of likely N-dealkylation sites (tertiary alicyclic amines) is 1. The number of alkyl halides is 2. The zero-order chi connectivity index (χ0) is 33.0. The second kappa shape index (κ2) is 14.2. The lowest BCUT2D eigenvalue weighted by molar-refractivity contribution is -0.143. The predicted molar refractivity (Wildman–Crippen MR) is 159 cm³/mol. The summed E-state index contributed by atoms with van der Waals surface area (Å²) in [5, 5.41) is 0. The molecule has 0 bridgehead atoms. The fraction of sp³-hybridized carbons (Fsp3) is 0.571. The van der Waals surface area contributed by atoms with E-state index in [0.717, 1.165) is 0 Å². The van der Waals surface area contributed by atoms with Gasteiger partial charge in [-0.15, -0.1) is 0 Å². The maximum absolute atomic E-state index is 13.9. The van der Waals surface area contributed by atoms with E-state index < -0.39 is 23.9 Å². The van der Waals surface area contributed by atoms with Gasteiger partial charge in [-0.3, -0.25) is 14.4 Å². The van der Waals surface area contributed by atoms with Gasteiger partial charge in [-0.2, -0.15) is 15.0 Å². The number of anilines is 3. The first-order valence-electron chi connectivity index (χ1n) is 14.9. The van der Waals surface area contributed by atoms with Crippen LogP contribution >= 0.6 is 0 Å². The minimum absolute atomic E-state index is 0.0229. The van der Waals surface area contributed by atoms with E-state index in [9.17, 15) is 27.6 Å². The SMILES string of the molecule is C=C(F)C(=O)N1CCC(C(=O)N(C)CC(=O)N2CCN(c3nc(-c4cnc(N)nc4C(F)F)nc(N4CCOCC4)n3)CC2)CC1. The molecule has 0 aromatic carbocycles. The number of morpholine rings is 1. The van der Waals surface area contributed by atoms with Gasteiger partial charge in [0, 0.05) is 71.5 Å². The summed E-state index contributed by atoms with van der Waals surface area (Å²) in [7, 11) is 1.56. The van der Waals surface area contributed by atoms with Gasteiger partial charge in [-0.05, 0) is 12.8 Å². The molecular formula is C28H36F3N11O4. The van der Waals surface area contributed by atoms with Crippen molar-refractivity contribution in [3.8, 4) is 11.4 Å². The Hall–Kier alpha value is -4.61. The number of piperidine rings is 1. The maximum atomic E-state index is 13.9. The number of nitrogens with two attached hydrogens (primary N) is 1. The van der Waals surface area contributed by atoms with Gasteiger partial charge >= 0.3 is 0 Å². The minimum atomic E-state index is -2.94. The van der Waals surface area contributed by atoms with E-state index in [-0.39, 0.29) is 60.7 Å². The zero-order valence-electron chi connectivity index (χ0n) is 25.4. The third-order valence-electron chi connectivity index (χ3n) is 8.22. The molecule has 5 rings (SSSR count). The molecule has 5 heterocycles. The molecule has 0 unspecified atom stereocenters. The van der Waals surface area contributed by atoms with Crippen molar-refractivity contribution in [3.05, 3.63) is 24.3 Å². The third-order valence-corrected chi connectivity index (χ3v) is 8.22. The summed E-state index contributed by atoms with van der Waals surface area (Å²) < 4.78 is 46.4. The van der Waals surface area contributed by atoms with E-state index >= 15 is 0 Å². The van der Waals surface area contributed by atoms with Crippen LogP contribution in [0, 0.1) is 5.92 Å². The highest BCUT2D eigenvalue weighted by molar-refractivity contribution is 5.91. The Balaban J connectivity index is 1.23. The van der Waals surface area contributed by atoms with Crippen molar-refractivity contribution in [1.82, 2.24) is 39.6 Å². The van der Waals surface area contributed by atoms with E-state index in [4.69, 9.17) is 10.5 Å². The van der Waals surface area contributed by atoms with Crippen molar-refractivity contribution in [1.29, 1.82) is 0 Å². The number of hydrogen-bond donors (Lipinski definition) is 1. The first-order chi connectivity index (χ1) is 22.0. The number of hydrogen-bond acceptors (Lipinski definition) is 12. The van der Waals surface area contributed by atoms with Crippen LogP contribution in [0.5, 0.6) is 0 Å². The van der Waals surface area contributed by atoms with E-state index in [1.54, 1.807) is 11.9 Å². The number of halogens is 3. The van der Waals surface area contributed by atoms with Crippen LogP contribution < -0.4 is 15.5 Å². The molecule has 46 heavy (non-hydrogen) atoms. The quantitative estimate of drug-likeness (QED) is 0.395. The highest BCUT2D eigenvalue weighted by atomic mass is 19.3. The Morgan fingerprint density at radius 1 is 0.957 bits per heavy atom. The Morgan fingerprint density at radius 2 is 1.57 bits per heavy atom. The normalized spacial score (nSPS) is 17.8. The molecule has 2 aromatic heterocycles. The van der Waals surface area contributed by atoms with Gasteiger partial charge < -0.3 is 35.0 Å². The van der Waals surface area contributed by atoms with Gasteiger partial charge in [0.25, 0.3) is 12.3 Å². The summed E-state index contributed by atoms with van der Waals surface area (Å²) in [5.41, 5.74) is 4.92. The number of amides is 3. The number of ether oxygens (including phenoxy) is 1. The van der Waals surface area contributed by atoms with E-state index in [1.807, 2.05) is 9.80 Å². The van der Waals surface area contributed by atoms with Crippen molar-refractivity contribution in [2.24, 2.45) is 5.92 Å². The smallest absolute Gasteiger partial charge is 0.281 e. The molecule has 3 amide bonds. The number of aromatic nitrogens is 5. The number of piperazine rings is 1. The van der Waals surface area contributed by atoms with Crippen LogP contribution in [0.25, 0.3) is 11.4 Å². The molecule has 3 aliphatic rings. The summed E-state index contributed by atoms with van der Waals surface area (Å²) in [5.74, 6) is -2.38. The molecule has 0 atom stereocenters. The topological polar surface area (TPSA) is 167 Å². The molecule has 3 fully saturated rings. The molecule has 2 aromatic rings. The molecule has 18 heteroatoms. The number of likely N-dealkylation sites (N-methyl/N-ethyl adjacent to an activating group) is 1. The van der Waals surface area contributed by atoms with Gasteiger partial charge in [0.2, 0.25) is 29.7 Å². The molecule has 248 valence electrons. The van der Waals surface area contributed by atoms with Crippen molar-refractivity contribution in [3.63, 3.8) is 0 Å². The van der Waals surface area contributed by atoms with Gasteiger partial charge in [0.05, 0.1) is 25.3 Å². The molecule has 0 saturated carbocycles. The van der Waals surface area contributed by atoms with Crippen LogP contribution in [-0.2, 0) is 19.1 Å². The number of rotatable bonds is 8. The molecule has 2 N–H and O–H groups in total. The molecule has 15 nitrogen and oxygen atoms in total. The Labute approximate surface area is 263 Å². The lowest BCUT2D eigenvalue weighted by Crippen LogP contribution is -2.52. The van der Waals surface area contributed by atoms with Crippen molar-refractivity contribution < 1.29 is 32.3 Å². The molecule has 0 radical (unpaired) electrons. The number of carbonyl (C=O) groups excluding carboxylic acids is 3. The van der Waals surface area contributed by atoms with E-state index in [2.05, 4.69) is 31.5 Å². The van der Waals surface area contributed by atoms with Crippen molar-refractivity contribution in [2.75, 3.05) is 94.7 Å². The standard InChI is InChI=1S/C28H36F3N11O4/c1-17(29)24(44)40-5-3-18(4-6-40)25(45)38(2)16-20(43)39-7-9-41(10-8-39)27-35-23(19-15-33-26(32)34-21(19)22(30)31)36-28(37-27)42-11-13-46-14-12-42/h15,18,22H,1,3-14,16H2,2H3,(H2,32,33,34). The van der Waals surface area contributed by atoms with Crippen LogP contribution in [0.4, 0.5) is 31.0 Å². The molecule has 3 aliphatic heterocycles. The van der Waals surface area contributed by atoms with E-state index in [1.165, 1.54) is 16.0 Å². The molecular weight excluding hydrogens is 611 g/mol. The lowest BCUT2D eigenvalue weighted by Gasteiger charge is -2.36. The van der Waals surface area contributed by atoms with E-state index in [0.29, 0.717) is 71.3 Å². The van der Waals surface area contributed by atoms with Gasteiger partial charge in [-0.1, -0.05) is 6.58 Å². The summed E-state index contributed by atoms with van der Waals surface area (Å²) in [4.78, 5) is 67.2. The molecule has 0 spiro atoms. The highest BCUT2D eigenvalue weighted by Crippen LogP contribution is 2.30. The highest BCUT2D eigenvalue weighted by Gasteiger charge is 2.32. The van der Waals surface area contributed by atoms with Crippen LogP contribution in [0.15, 0.2) is 18.6 Å². The van der Waals surface area contributed by atoms with Gasteiger partial charge in [0.1, 0.15) is 5.69 Å². The third kappa shape index (κ3) is 7.43. The van der Waals surface area contributed by atoms with Crippen LogP contribution in [-0.4, -0.2) is 137 Å². The van der Waals surface area contributed by atoms with Crippen LogP contribution in [0.3, 0.4) is 0 Å². The largest absolute Gasteiger partial charge is 0.378 e. The Bertz CT molecular complexity index is 1460. The fourth-order valence-corrected chi connectivity index (χ4v) is 5.62. The fourth-order valence-electron chi connectivity index (χ4n) is 5.62. The second-order valence-electron chi connectivity index (χ2n) is 11.2. The summed E-state index contributed by atoms with van der Waals surface area (Å²) >= 11 is 0. The zero-order valence-corrected chi connectivity index (χ0v) is 25.4. The molecule has 0 aliphatic carbocycles. The number of nitrogen functional groups attached to an aromatic ring is 1. The Kier molecular flexibility index (Phi) is 10.1. The summed E-state index contributed by atoms with van der Waals surface area (Å²) in [6.07, 6.45) is -1.02. The molecule has 3 saturated heterocycles. The van der Waals surface area contributed by atoms with Crippen LogP contribution in [0.2, 0.25) is 0 Å². The maximum Gasteiger partial charge on any atom is 0.281 e. The first-order valence-corrected chi connectivity index (χ1v) is 14.9. The first kappa shape index (κ1) is 32.8. The summed E-state index contributed by atoms with van der Waals surface area (Å²) in [6.45, 7) is 6.63. The van der Waals surface area contributed by atoms with Crippen molar-refractivity contribution >= 4 is 35.6 Å². The number of carbonyl (C=O) groups is 3. The second-order valence-corrected chi connectivity index (χ2v) is 11.2. The average Bonchev–Trinajstić information content (AvgIpc) is 3.07. The van der Waals surface area contributed by atoms with Gasteiger partial charge in [0.15, 0.2) is 11.7 Å². The van der Waals surface area contributed by atoms with Crippen molar-refractivity contribution in [2.45, 2.75) is 19.3 Å². The van der Waals surface area contributed by atoms with Crippen LogP contribution in [0.1, 0.15) is 25.0 Å². The monoisotopic (exact) mass is 647 g/mol. The minimum Gasteiger partial charge on any atom is -0.378 e. The summed E-state index contributed by atoms with van der Waals surface area (Å²) in [6, 6.07) is 0.